The fourth-order valence-electron chi connectivity index (χ4n) is 1.60. The molecule has 0 unspecified atom stereocenters. The number of hydrogen-bond acceptors (Lipinski definition) is 3. The van der Waals surface area contributed by atoms with Crippen molar-refractivity contribution in [3.63, 3.8) is 0 Å². The van der Waals surface area contributed by atoms with E-state index in [9.17, 15) is 4.79 Å². The van der Waals surface area contributed by atoms with Crippen molar-refractivity contribution in [2.24, 2.45) is 5.10 Å². The van der Waals surface area contributed by atoms with E-state index in [0.29, 0.717) is 11.3 Å². The summed E-state index contributed by atoms with van der Waals surface area (Å²) in [6, 6.07) is 16.5. The molecule has 0 spiro atoms. The number of nitrogens with zero attached hydrogens (tertiary/aromatic N) is 1. The first-order valence-corrected chi connectivity index (χ1v) is 5.83. The van der Waals surface area contributed by atoms with E-state index >= 15 is 0 Å². The summed E-state index contributed by atoms with van der Waals surface area (Å²) in [4.78, 5) is 11.9. The second-order valence-corrected chi connectivity index (χ2v) is 3.81. The first-order valence-electron chi connectivity index (χ1n) is 5.83. The molecule has 2 aromatic carbocycles. The summed E-state index contributed by atoms with van der Waals surface area (Å²) in [5.41, 5.74) is 3.85. The van der Waals surface area contributed by atoms with Crippen LogP contribution >= 0.6 is 0 Å². The van der Waals surface area contributed by atoms with Gasteiger partial charge in [-0.2, -0.15) is 5.10 Å². The van der Waals surface area contributed by atoms with Gasteiger partial charge in [-0.05, 0) is 17.7 Å². The summed E-state index contributed by atoms with van der Waals surface area (Å²) >= 11 is 0. The summed E-state index contributed by atoms with van der Waals surface area (Å²) in [5.74, 6) is 0.222. The Balaban J connectivity index is 2.04. The second kappa shape index (κ2) is 6.35. The Hall–Kier alpha value is -2.62. The van der Waals surface area contributed by atoms with E-state index in [1.54, 1.807) is 24.4 Å². The summed E-state index contributed by atoms with van der Waals surface area (Å²) in [6.07, 6.45) is 1.59. The van der Waals surface area contributed by atoms with Crippen molar-refractivity contribution in [3.05, 3.63) is 65.7 Å². The van der Waals surface area contributed by atoms with Gasteiger partial charge in [0.25, 0.3) is 5.91 Å². The van der Waals surface area contributed by atoms with Crippen molar-refractivity contribution in [3.8, 4) is 5.75 Å². The molecule has 4 heteroatoms. The van der Waals surface area contributed by atoms with Crippen molar-refractivity contribution < 1.29 is 9.53 Å². The summed E-state index contributed by atoms with van der Waals surface area (Å²) in [6.45, 7) is 0. The maximum Gasteiger partial charge on any atom is 0.275 e. The molecule has 0 saturated heterocycles. The molecule has 0 aromatic heterocycles. The predicted octanol–water partition coefficient (Wildman–Crippen LogP) is 2.46. The SMILES string of the molecule is COc1ccccc1C(=O)N/N=C/c1ccccc1. The highest BCUT2D eigenvalue weighted by molar-refractivity contribution is 5.97. The molecule has 0 aliphatic heterocycles. The first-order chi connectivity index (χ1) is 9.31. The maximum absolute atomic E-state index is 11.9. The van der Waals surface area contributed by atoms with Crippen LogP contribution in [0.4, 0.5) is 0 Å². The lowest BCUT2D eigenvalue weighted by molar-refractivity contribution is 0.0952. The summed E-state index contributed by atoms with van der Waals surface area (Å²) in [5, 5.41) is 3.91. The van der Waals surface area contributed by atoms with Crippen LogP contribution in [0, 0.1) is 0 Å². The third-order valence-electron chi connectivity index (χ3n) is 2.53. The Labute approximate surface area is 111 Å². The highest BCUT2D eigenvalue weighted by Gasteiger charge is 2.09. The van der Waals surface area contributed by atoms with Gasteiger partial charge in [0.1, 0.15) is 5.75 Å². The lowest BCUT2D eigenvalue weighted by atomic mass is 10.2. The van der Waals surface area contributed by atoms with Gasteiger partial charge in [-0.3, -0.25) is 4.79 Å². The minimum atomic E-state index is -0.301. The Morgan fingerprint density at radius 1 is 1.11 bits per heavy atom. The molecule has 0 heterocycles. The topological polar surface area (TPSA) is 50.7 Å². The fourth-order valence-corrected chi connectivity index (χ4v) is 1.60. The van der Waals surface area contributed by atoms with Crippen LogP contribution in [0.5, 0.6) is 5.75 Å². The molecule has 2 aromatic rings. The lowest BCUT2D eigenvalue weighted by Gasteiger charge is -2.05. The van der Waals surface area contributed by atoms with Gasteiger partial charge < -0.3 is 4.74 Å². The van der Waals surface area contributed by atoms with E-state index in [2.05, 4.69) is 10.5 Å². The maximum atomic E-state index is 11.9. The molecule has 96 valence electrons. The smallest absolute Gasteiger partial charge is 0.275 e. The largest absolute Gasteiger partial charge is 0.496 e. The van der Waals surface area contributed by atoms with E-state index in [-0.39, 0.29) is 5.91 Å². The third kappa shape index (κ3) is 3.42. The Morgan fingerprint density at radius 3 is 2.53 bits per heavy atom. The molecular formula is C15H14N2O2. The number of carbonyl (C=O) groups excluding carboxylic acids is 1. The molecule has 0 saturated carbocycles. The number of nitrogens with one attached hydrogen (secondary N) is 1. The number of rotatable bonds is 4. The molecule has 0 bridgehead atoms. The quantitative estimate of drug-likeness (QED) is 0.673. The van der Waals surface area contributed by atoms with E-state index in [1.807, 2.05) is 36.4 Å². The zero-order valence-electron chi connectivity index (χ0n) is 10.5. The molecule has 4 nitrogen and oxygen atoms in total. The van der Waals surface area contributed by atoms with Crippen LogP contribution in [0.15, 0.2) is 59.7 Å². The third-order valence-corrected chi connectivity index (χ3v) is 2.53. The van der Waals surface area contributed by atoms with Crippen LogP contribution in [0.1, 0.15) is 15.9 Å². The Bertz CT molecular complexity index is 580. The van der Waals surface area contributed by atoms with Gasteiger partial charge in [-0.25, -0.2) is 5.43 Å². The van der Waals surface area contributed by atoms with Crippen molar-refractivity contribution in [2.45, 2.75) is 0 Å². The van der Waals surface area contributed by atoms with E-state index in [0.717, 1.165) is 5.56 Å². The minimum absolute atomic E-state index is 0.301. The number of carbonyl (C=O) groups is 1. The first kappa shape index (κ1) is 12.8. The highest BCUT2D eigenvalue weighted by Crippen LogP contribution is 2.16. The normalized spacial score (nSPS) is 10.4. The molecule has 1 N–H and O–H groups in total. The summed E-state index contributed by atoms with van der Waals surface area (Å²) in [7, 11) is 1.53. The number of ether oxygens (including phenoxy) is 1. The molecule has 0 fully saturated rings. The highest BCUT2D eigenvalue weighted by atomic mass is 16.5. The minimum Gasteiger partial charge on any atom is -0.496 e. The number of para-hydroxylation sites is 1. The molecule has 1 amide bonds. The zero-order valence-corrected chi connectivity index (χ0v) is 10.5. The van der Waals surface area contributed by atoms with Crippen LogP contribution in [0.25, 0.3) is 0 Å². The number of amides is 1. The predicted molar refractivity (Wildman–Crippen MR) is 74.5 cm³/mol. The van der Waals surface area contributed by atoms with Gasteiger partial charge in [-0.1, -0.05) is 42.5 Å². The molecular weight excluding hydrogens is 240 g/mol. The Morgan fingerprint density at radius 2 is 1.79 bits per heavy atom. The van der Waals surface area contributed by atoms with Crippen molar-refractivity contribution in [2.75, 3.05) is 7.11 Å². The number of hydrazone groups is 1. The van der Waals surface area contributed by atoms with Gasteiger partial charge in [0.15, 0.2) is 0 Å². The monoisotopic (exact) mass is 254 g/mol. The molecule has 2 rings (SSSR count). The van der Waals surface area contributed by atoms with Gasteiger partial charge in [0.05, 0.1) is 18.9 Å². The van der Waals surface area contributed by atoms with Crippen LogP contribution in [-0.2, 0) is 0 Å². The zero-order chi connectivity index (χ0) is 13.5. The average molecular weight is 254 g/mol. The van der Waals surface area contributed by atoms with Crippen molar-refractivity contribution in [1.29, 1.82) is 0 Å². The standard InChI is InChI=1S/C15H14N2O2/c1-19-14-10-6-5-9-13(14)15(18)17-16-11-12-7-3-2-4-8-12/h2-11H,1H3,(H,17,18)/b16-11+. The second-order valence-electron chi connectivity index (χ2n) is 3.81. The van der Waals surface area contributed by atoms with Crippen molar-refractivity contribution in [1.82, 2.24) is 5.43 Å². The van der Waals surface area contributed by atoms with Gasteiger partial charge >= 0.3 is 0 Å². The number of benzene rings is 2. The van der Waals surface area contributed by atoms with Gasteiger partial charge in [0, 0.05) is 0 Å². The fraction of sp³-hybridized carbons (Fsp3) is 0.0667. The average Bonchev–Trinajstić information content (AvgIpc) is 2.48. The van der Waals surface area contributed by atoms with E-state index < -0.39 is 0 Å². The van der Waals surface area contributed by atoms with Crippen LogP contribution in [-0.4, -0.2) is 19.2 Å². The van der Waals surface area contributed by atoms with E-state index in [1.165, 1.54) is 7.11 Å². The van der Waals surface area contributed by atoms with Gasteiger partial charge in [-0.15, -0.1) is 0 Å². The molecule has 0 aliphatic rings. The lowest BCUT2D eigenvalue weighted by Crippen LogP contribution is -2.18. The molecule has 19 heavy (non-hydrogen) atoms. The van der Waals surface area contributed by atoms with E-state index in [4.69, 9.17) is 4.74 Å². The van der Waals surface area contributed by atoms with Gasteiger partial charge in [0.2, 0.25) is 0 Å². The molecule has 0 radical (unpaired) electrons. The summed E-state index contributed by atoms with van der Waals surface area (Å²) < 4.78 is 5.12. The van der Waals surface area contributed by atoms with Crippen molar-refractivity contribution >= 4 is 12.1 Å². The molecule has 0 aliphatic carbocycles. The van der Waals surface area contributed by atoms with Crippen LogP contribution < -0.4 is 10.2 Å². The number of hydrogen-bond donors (Lipinski definition) is 1. The Kier molecular flexibility index (Phi) is 4.29. The number of methoxy groups -OCH3 is 1. The molecule has 0 atom stereocenters. The van der Waals surface area contributed by atoms with Crippen LogP contribution in [0.2, 0.25) is 0 Å². The van der Waals surface area contributed by atoms with Crippen LogP contribution in [0.3, 0.4) is 0 Å².